The van der Waals surface area contributed by atoms with Crippen molar-refractivity contribution in [3.8, 4) is 0 Å². The number of carbonyl (C=O) groups excluding carboxylic acids is 1. The van der Waals surface area contributed by atoms with Crippen LogP contribution in [-0.4, -0.2) is 25.5 Å². The van der Waals surface area contributed by atoms with E-state index in [2.05, 4.69) is 12.2 Å². The fourth-order valence-electron chi connectivity index (χ4n) is 3.15. The van der Waals surface area contributed by atoms with Gasteiger partial charge in [0.2, 0.25) is 5.91 Å². The first-order valence-electron chi connectivity index (χ1n) is 6.95. The largest absolute Gasteiger partial charge is 0.316 e. The van der Waals surface area contributed by atoms with E-state index >= 15 is 0 Å². The van der Waals surface area contributed by atoms with Gasteiger partial charge in [0, 0.05) is 18.8 Å². The predicted octanol–water partition coefficient (Wildman–Crippen LogP) is 1.96. The van der Waals surface area contributed by atoms with Crippen molar-refractivity contribution in [3.63, 3.8) is 0 Å². The van der Waals surface area contributed by atoms with Crippen LogP contribution in [0.3, 0.4) is 0 Å². The Morgan fingerprint density at radius 1 is 1.42 bits per heavy atom. The summed E-state index contributed by atoms with van der Waals surface area (Å²) >= 11 is 0. The minimum absolute atomic E-state index is 0.0259. The standard InChI is InChI=1S/C15H19FN2O/c1-10-6-12(9-17-8-10)15(19)18-5-4-11-2-3-13(16)7-14(11)18/h2-3,7,10,12,17H,4-6,8-9H2,1H3. The van der Waals surface area contributed by atoms with Crippen molar-refractivity contribution in [1.29, 1.82) is 0 Å². The molecule has 1 saturated heterocycles. The molecule has 19 heavy (non-hydrogen) atoms. The molecule has 1 fully saturated rings. The number of hydrogen-bond acceptors (Lipinski definition) is 2. The number of benzene rings is 1. The van der Waals surface area contributed by atoms with Crippen LogP contribution in [0.2, 0.25) is 0 Å². The second-order valence-electron chi connectivity index (χ2n) is 5.71. The first-order chi connectivity index (χ1) is 9.15. The minimum atomic E-state index is -0.270. The zero-order valence-corrected chi connectivity index (χ0v) is 11.2. The lowest BCUT2D eigenvalue weighted by Gasteiger charge is -2.30. The SMILES string of the molecule is CC1CNCC(C(=O)N2CCc3ccc(F)cc32)C1. The number of anilines is 1. The summed E-state index contributed by atoms with van der Waals surface area (Å²) in [7, 11) is 0. The van der Waals surface area contributed by atoms with Gasteiger partial charge in [0.25, 0.3) is 0 Å². The lowest BCUT2D eigenvalue weighted by molar-refractivity contribution is -0.123. The fourth-order valence-corrected chi connectivity index (χ4v) is 3.15. The van der Waals surface area contributed by atoms with Gasteiger partial charge < -0.3 is 10.2 Å². The summed E-state index contributed by atoms with van der Waals surface area (Å²) in [5.41, 5.74) is 1.84. The van der Waals surface area contributed by atoms with E-state index < -0.39 is 0 Å². The number of amides is 1. The molecule has 0 saturated carbocycles. The predicted molar refractivity (Wildman–Crippen MR) is 72.6 cm³/mol. The highest BCUT2D eigenvalue weighted by molar-refractivity contribution is 5.97. The number of halogens is 1. The average molecular weight is 262 g/mol. The van der Waals surface area contributed by atoms with Crippen molar-refractivity contribution in [3.05, 3.63) is 29.6 Å². The Balaban J connectivity index is 1.81. The van der Waals surface area contributed by atoms with Crippen LogP contribution >= 0.6 is 0 Å². The normalized spacial score (nSPS) is 26.3. The summed E-state index contributed by atoms with van der Waals surface area (Å²) in [4.78, 5) is 14.4. The maximum Gasteiger partial charge on any atom is 0.231 e. The maximum atomic E-state index is 13.4. The Hall–Kier alpha value is -1.42. The average Bonchev–Trinajstić information content (AvgIpc) is 2.80. The van der Waals surface area contributed by atoms with E-state index in [0.29, 0.717) is 12.5 Å². The van der Waals surface area contributed by atoms with Gasteiger partial charge in [0.15, 0.2) is 0 Å². The molecule has 2 aliphatic heterocycles. The molecule has 1 N–H and O–H groups in total. The number of nitrogens with zero attached hydrogens (tertiary/aromatic N) is 1. The van der Waals surface area contributed by atoms with E-state index in [1.54, 1.807) is 11.0 Å². The quantitative estimate of drug-likeness (QED) is 0.839. The molecule has 0 bridgehead atoms. The van der Waals surface area contributed by atoms with Crippen molar-refractivity contribution < 1.29 is 9.18 Å². The summed E-state index contributed by atoms with van der Waals surface area (Å²) in [6, 6.07) is 4.75. The lowest BCUT2D eigenvalue weighted by Crippen LogP contribution is -2.44. The topological polar surface area (TPSA) is 32.3 Å². The van der Waals surface area contributed by atoms with Gasteiger partial charge in [0.1, 0.15) is 5.82 Å². The van der Waals surface area contributed by atoms with E-state index in [1.165, 1.54) is 12.1 Å². The number of rotatable bonds is 1. The Kier molecular flexibility index (Phi) is 3.27. The van der Waals surface area contributed by atoms with Gasteiger partial charge in [-0.25, -0.2) is 4.39 Å². The van der Waals surface area contributed by atoms with Crippen LogP contribution in [0.1, 0.15) is 18.9 Å². The van der Waals surface area contributed by atoms with Crippen LogP contribution in [0.5, 0.6) is 0 Å². The Bertz CT molecular complexity index is 503. The summed E-state index contributed by atoms with van der Waals surface area (Å²) in [5.74, 6) is 0.423. The second-order valence-corrected chi connectivity index (χ2v) is 5.71. The van der Waals surface area contributed by atoms with Gasteiger partial charge in [-0.05, 0) is 43.0 Å². The monoisotopic (exact) mass is 262 g/mol. The van der Waals surface area contributed by atoms with Crippen LogP contribution in [0.25, 0.3) is 0 Å². The molecule has 0 aromatic heterocycles. The van der Waals surface area contributed by atoms with E-state index in [1.807, 2.05) is 0 Å². The molecule has 3 nitrogen and oxygen atoms in total. The highest BCUT2D eigenvalue weighted by Gasteiger charge is 2.32. The number of carbonyl (C=O) groups is 1. The van der Waals surface area contributed by atoms with E-state index in [0.717, 1.165) is 37.2 Å². The molecule has 1 aromatic rings. The number of nitrogens with one attached hydrogen (secondary N) is 1. The first-order valence-corrected chi connectivity index (χ1v) is 6.95. The van der Waals surface area contributed by atoms with E-state index in [-0.39, 0.29) is 17.6 Å². The molecule has 2 atom stereocenters. The molecule has 102 valence electrons. The lowest BCUT2D eigenvalue weighted by atomic mass is 9.91. The molecule has 3 rings (SSSR count). The summed E-state index contributed by atoms with van der Waals surface area (Å²) in [6.07, 6.45) is 1.75. The molecule has 4 heteroatoms. The van der Waals surface area contributed by atoms with Crippen LogP contribution in [0.4, 0.5) is 10.1 Å². The van der Waals surface area contributed by atoms with Gasteiger partial charge in [-0.3, -0.25) is 4.79 Å². The van der Waals surface area contributed by atoms with Crippen molar-refractivity contribution in [2.45, 2.75) is 19.8 Å². The smallest absolute Gasteiger partial charge is 0.231 e. The molecule has 2 unspecified atom stereocenters. The third kappa shape index (κ3) is 2.37. The molecule has 0 radical (unpaired) electrons. The van der Waals surface area contributed by atoms with E-state index in [4.69, 9.17) is 0 Å². The van der Waals surface area contributed by atoms with Crippen molar-refractivity contribution in [1.82, 2.24) is 5.32 Å². The number of fused-ring (bicyclic) bond motifs is 1. The summed E-state index contributed by atoms with van der Waals surface area (Å²) < 4.78 is 13.4. The molecular formula is C15H19FN2O. The Labute approximate surface area is 112 Å². The summed E-state index contributed by atoms with van der Waals surface area (Å²) in [6.45, 7) is 4.56. The molecule has 2 heterocycles. The van der Waals surface area contributed by atoms with Crippen LogP contribution < -0.4 is 10.2 Å². The van der Waals surface area contributed by atoms with E-state index in [9.17, 15) is 9.18 Å². The highest BCUT2D eigenvalue weighted by Crippen LogP contribution is 2.31. The van der Waals surface area contributed by atoms with Crippen molar-refractivity contribution in [2.24, 2.45) is 11.8 Å². The number of piperidine rings is 1. The van der Waals surface area contributed by atoms with Gasteiger partial charge in [-0.1, -0.05) is 13.0 Å². The zero-order chi connectivity index (χ0) is 13.4. The van der Waals surface area contributed by atoms with Gasteiger partial charge in [0.05, 0.1) is 5.92 Å². The molecule has 0 spiro atoms. The zero-order valence-electron chi connectivity index (χ0n) is 11.2. The fraction of sp³-hybridized carbons (Fsp3) is 0.533. The van der Waals surface area contributed by atoms with Crippen LogP contribution in [-0.2, 0) is 11.2 Å². The molecule has 1 amide bonds. The van der Waals surface area contributed by atoms with Crippen molar-refractivity contribution >= 4 is 11.6 Å². The van der Waals surface area contributed by atoms with Crippen LogP contribution in [0.15, 0.2) is 18.2 Å². The minimum Gasteiger partial charge on any atom is -0.316 e. The Morgan fingerprint density at radius 2 is 2.26 bits per heavy atom. The molecular weight excluding hydrogens is 243 g/mol. The molecule has 2 aliphatic rings. The van der Waals surface area contributed by atoms with Gasteiger partial charge >= 0.3 is 0 Å². The first kappa shape index (κ1) is 12.6. The molecule has 0 aliphatic carbocycles. The molecule has 1 aromatic carbocycles. The summed E-state index contributed by atoms with van der Waals surface area (Å²) in [5, 5.41) is 3.30. The number of hydrogen-bond donors (Lipinski definition) is 1. The Morgan fingerprint density at radius 3 is 3.05 bits per heavy atom. The third-order valence-corrected chi connectivity index (χ3v) is 4.13. The highest BCUT2D eigenvalue weighted by atomic mass is 19.1. The van der Waals surface area contributed by atoms with Gasteiger partial charge in [-0.2, -0.15) is 0 Å². The van der Waals surface area contributed by atoms with Crippen molar-refractivity contribution in [2.75, 3.05) is 24.5 Å². The maximum absolute atomic E-state index is 13.4. The second kappa shape index (κ2) is 4.93. The van der Waals surface area contributed by atoms with Crippen LogP contribution in [0, 0.1) is 17.7 Å². The third-order valence-electron chi connectivity index (χ3n) is 4.13. The van der Waals surface area contributed by atoms with Gasteiger partial charge in [-0.15, -0.1) is 0 Å².